The van der Waals surface area contributed by atoms with Crippen molar-refractivity contribution in [2.45, 2.75) is 32.6 Å². The molecule has 19 heavy (non-hydrogen) atoms. The van der Waals surface area contributed by atoms with E-state index < -0.39 is 0 Å². The van der Waals surface area contributed by atoms with Crippen LogP contribution >= 0.6 is 0 Å². The topological polar surface area (TPSA) is 50.7 Å². The van der Waals surface area contributed by atoms with Gasteiger partial charge in [-0.05, 0) is 55.9 Å². The van der Waals surface area contributed by atoms with Crippen molar-refractivity contribution in [2.75, 3.05) is 7.11 Å². The van der Waals surface area contributed by atoms with Gasteiger partial charge in [-0.15, -0.1) is 0 Å². The van der Waals surface area contributed by atoms with Crippen LogP contribution in [0.2, 0.25) is 0 Å². The Hall–Kier alpha value is -1.84. The number of nitrogens with zero attached hydrogens (tertiary/aromatic N) is 1. The molecule has 0 saturated heterocycles. The predicted molar refractivity (Wildman–Crippen MR) is 75.5 cm³/mol. The van der Waals surface area contributed by atoms with Gasteiger partial charge < -0.3 is 4.74 Å². The molecule has 0 spiro atoms. The lowest BCUT2D eigenvalue weighted by Crippen LogP contribution is -2.21. The molecule has 0 atom stereocenters. The minimum absolute atomic E-state index is 0.172. The summed E-state index contributed by atoms with van der Waals surface area (Å²) >= 11 is 0. The van der Waals surface area contributed by atoms with E-state index in [1.807, 2.05) is 0 Å². The molecule has 2 rings (SSSR count). The van der Waals surface area contributed by atoms with Gasteiger partial charge in [0.2, 0.25) is 0 Å². The highest BCUT2D eigenvalue weighted by atomic mass is 16.5. The standard InChI is InChI=1S/C15H20N2O2/c1-11-3-7-13(8-4-11)16-17-15(18)12-5-9-14(19-2)10-6-12/h5-6,9-11H,3-4,7-8H2,1-2H3,(H,17,18). The zero-order valence-corrected chi connectivity index (χ0v) is 11.5. The van der Waals surface area contributed by atoms with E-state index >= 15 is 0 Å². The van der Waals surface area contributed by atoms with E-state index in [4.69, 9.17) is 4.74 Å². The number of benzene rings is 1. The van der Waals surface area contributed by atoms with E-state index in [-0.39, 0.29) is 5.91 Å². The lowest BCUT2D eigenvalue weighted by molar-refractivity contribution is 0.0954. The largest absolute Gasteiger partial charge is 0.497 e. The van der Waals surface area contributed by atoms with Gasteiger partial charge in [0.05, 0.1) is 7.11 Å². The molecule has 1 saturated carbocycles. The second-order valence-corrected chi connectivity index (χ2v) is 5.03. The van der Waals surface area contributed by atoms with Crippen LogP contribution in [0.5, 0.6) is 5.75 Å². The average Bonchev–Trinajstić information content (AvgIpc) is 2.46. The van der Waals surface area contributed by atoms with Gasteiger partial charge in [-0.1, -0.05) is 6.92 Å². The number of methoxy groups -OCH3 is 1. The lowest BCUT2D eigenvalue weighted by Gasteiger charge is -2.18. The van der Waals surface area contributed by atoms with Crippen LogP contribution in [0.15, 0.2) is 29.4 Å². The van der Waals surface area contributed by atoms with E-state index in [0.717, 1.165) is 43.1 Å². The van der Waals surface area contributed by atoms with Crippen LogP contribution in [0.3, 0.4) is 0 Å². The monoisotopic (exact) mass is 260 g/mol. The molecule has 1 aliphatic carbocycles. The molecule has 0 aliphatic heterocycles. The fourth-order valence-electron chi connectivity index (χ4n) is 2.14. The minimum Gasteiger partial charge on any atom is -0.497 e. The molecule has 0 unspecified atom stereocenters. The Morgan fingerprint density at radius 3 is 2.47 bits per heavy atom. The molecule has 0 aromatic heterocycles. The first-order chi connectivity index (χ1) is 9.19. The fraction of sp³-hybridized carbons (Fsp3) is 0.467. The van der Waals surface area contributed by atoms with Crippen molar-refractivity contribution in [2.24, 2.45) is 11.0 Å². The maximum atomic E-state index is 11.9. The molecule has 0 radical (unpaired) electrons. The molecular weight excluding hydrogens is 240 g/mol. The summed E-state index contributed by atoms with van der Waals surface area (Å²) in [6, 6.07) is 7.00. The number of hydrazone groups is 1. The second kappa shape index (κ2) is 6.36. The summed E-state index contributed by atoms with van der Waals surface area (Å²) < 4.78 is 5.05. The molecule has 0 bridgehead atoms. The Morgan fingerprint density at radius 2 is 1.89 bits per heavy atom. The van der Waals surface area contributed by atoms with Crippen LogP contribution in [-0.4, -0.2) is 18.7 Å². The third-order valence-corrected chi connectivity index (χ3v) is 3.52. The van der Waals surface area contributed by atoms with Gasteiger partial charge in [0.25, 0.3) is 5.91 Å². The molecule has 102 valence electrons. The first kappa shape index (κ1) is 13.6. The number of nitrogens with one attached hydrogen (secondary N) is 1. The quantitative estimate of drug-likeness (QED) is 0.849. The molecular formula is C15H20N2O2. The third-order valence-electron chi connectivity index (χ3n) is 3.52. The summed E-state index contributed by atoms with van der Waals surface area (Å²) in [6.07, 6.45) is 4.31. The van der Waals surface area contributed by atoms with Gasteiger partial charge in [0.15, 0.2) is 0 Å². The molecule has 1 N–H and O–H groups in total. The summed E-state index contributed by atoms with van der Waals surface area (Å²) in [4.78, 5) is 11.9. The average molecular weight is 260 g/mol. The van der Waals surface area contributed by atoms with Crippen LogP contribution in [-0.2, 0) is 0 Å². The molecule has 1 aromatic rings. The normalized spacial score (nSPS) is 18.8. The predicted octanol–water partition coefficient (Wildman–Crippen LogP) is 2.99. The van der Waals surface area contributed by atoms with Crippen LogP contribution in [0.1, 0.15) is 43.0 Å². The number of carbonyl (C=O) groups excluding carboxylic acids is 1. The summed E-state index contributed by atoms with van der Waals surface area (Å²) in [5.41, 5.74) is 4.32. The minimum atomic E-state index is -0.172. The first-order valence-electron chi connectivity index (χ1n) is 6.69. The molecule has 1 aliphatic rings. The smallest absolute Gasteiger partial charge is 0.271 e. The van der Waals surface area contributed by atoms with Crippen molar-refractivity contribution in [3.05, 3.63) is 29.8 Å². The molecule has 4 heteroatoms. The van der Waals surface area contributed by atoms with Crippen molar-refractivity contribution in [1.29, 1.82) is 0 Å². The molecule has 1 amide bonds. The highest BCUT2D eigenvalue weighted by Crippen LogP contribution is 2.21. The van der Waals surface area contributed by atoms with Crippen molar-refractivity contribution < 1.29 is 9.53 Å². The van der Waals surface area contributed by atoms with E-state index in [9.17, 15) is 4.79 Å². The third kappa shape index (κ3) is 3.81. The van der Waals surface area contributed by atoms with Crippen LogP contribution in [0.25, 0.3) is 0 Å². The van der Waals surface area contributed by atoms with E-state index in [2.05, 4.69) is 17.5 Å². The number of ether oxygens (including phenoxy) is 1. The fourth-order valence-corrected chi connectivity index (χ4v) is 2.14. The summed E-state index contributed by atoms with van der Waals surface area (Å²) in [5.74, 6) is 1.34. The van der Waals surface area contributed by atoms with E-state index in [1.54, 1.807) is 31.4 Å². The lowest BCUT2D eigenvalue weighted by atomic mass is 9.90. The maximum absolute atomic E-state index is 11.9. The Morgan fingerprint density at radius 1 is 1.26 bits per heavy atom. The highest BCUT2D eigenvalue weighted by Gasteiger charge is 2.14. The molecule has 1 fully saturated rings. The number of carbonyl (C=O) groups is 1. The van der Waals surface area contributed by atoms with Gasteiger partial charge in [-0.25, -0.2) is 5.43 Å². The first-order valence-corrected chi connectivity index (χ1v) is 6.69. The van der Waals surface area contributed by atoms with E-state index in [1.165, 1.54) is 0 Å². The molecule has 0 heterocycles. The van der Waals surface area contributed by atoms with E-state index in [0.29, 0.717) is 5.56 Å². The van der Waals surface area contributed by atoms with Crippen LogP contribution in [0, 0.1) is 5.92 Å². The Bertz CT molecular complexity index is 456. The van der Waals surface area contributed by atoms with Crippen molar-refractivity contribution in [1.82, 2.24) is 5.43 Å². The Balaban J connectivity index is 1.91. The van der Waals surface area contributed by atoms with Gasteiger partial charge in [-0.2, -0.15) is 5.10 Å². The molecule has 1 aromatic carbocycles. The molecule has 4 nitrogen and oxygen atoms in total. The van der Waals surface area contributed by atoms with Gasteiger partial charge in [0.1, 0.15) is 5.75 Å². The number of hydrogen-bond donors (Lipinski definition) is 1. The van der Waals surface area contributed by atoms with Crippen molar-refractivity contribution in [3.63, 3.8) is 0 Å². The maximum Gasteiger partial charge on any atom is 0.271 e. The number of hydrogen-bond acceptors (Lipinski definition) is 3. The number of rotatable bonds is 3. The second-order valence-electron chi connectivity index (χ2n) is 5.03. The van der Waals surface area contributed by atoms with Gasteiger partial charge in [0, 0.05) is 11.3 Å². The van der Waals surface area contributed by atoms with Gasteiger partial charge >= 0.3 is 0 Å². The zero-order chi connectivity index (χ0) is 13.7. The van der Waals surface area contributed by atoms with Gasteiger partial charge in [-0.3, -0.25) is 4.79 Å². The zero-order valence-electron chi connectivity index (χ0n) is 11.5. The Labute approximate surface area is 113 Å². The summed E-state index contributed by atoms with van der Waals surface area (Å²) in [5, 5.41) is 4.22. The number of amides is 1. The summed E-state index contributed by atoms with van der Waals surface area (Å²) in [7, 11) is 1.60. The van der Waals surface area contributed by atoms with Crippen molar-refractivity contribution >= 4 is 11.6 Å². The van der Waals surface area contributed by atoms with Crippen LogP contribution < -0.4 is 10.2 Å². The summed E-state index contributed by atoms with van der Waals surface area (Å²) in [6.45, 7) is 2.26. The Kier molecular flexibility index (Phi) is 4.55. The van der Waals surface area contributed by atoms with Crippen molar-refractivity contribution in [3.8, 4) is 5.75 Å². The SMILES string of the molecule is COc1ccc(C(=O)NN=C2CCC(C)CC2)cc1. The van der Waals surface area contributed by atoms with Crippen LogP contribution in [0.4, 0.5) is 0 Å². The highest BCUT2D eigenvalue weighted by molar-refractivity contribution is 5.95.